The number of rotatable bonds is 9. The van der Waals surface area contributed by atoms with Gasteiger partial charge in [-0.3, -0.25) is 14.1 Å². The topological polar surface area (TPSA) is 135 Å². The summed E-state index contributed by atoms with van der Waals surface area (Å²) in [7, 11) is -4.65. The zero-order valence-electron chi connectivity index (χ0n) is 21.8. The van der Waals surface area contributed by atoms with Crippen LogP contribution in [0.2, 0.25) is 5.02 Å². The fourth-order valence-corrected chi connectivity index (χ4v) is 6.90. The van der Waals surface area contributed by atoms with Gasteiger partial charge in [0.2, 0.25) is 0 Å². The monoisotopic (exact) mass is 639 g/mol. The molecular weight excluding hydrogens is 618 g/mol. The quantitative estimate of drug-likeness (QED) is 0.144. The zero-order chi connectivity index (χ0) is 29.9. The van der Waals surface area contributed by atoms with Gasteiger partial charge in [0.05, 0.1) is 33.6 Å². The van der Waals surface area contributed by atoms with Crippen molar-refractivity contribution in [2.45, 2.75) is 21.1 Å². The molecule has 0 saturated heterocycles. The first kappa shape index (κ1) is 29.5. The standard InChI is InChI=1S/C29H22ClN3O6S3/c1-2-39-19-10-14-24-25(16-19)41-29(33-24)40-20-11-8-18(9-12-20)31-28(35)22-15-17(30)7-13-23(22)32-27(34)21-5-3-4-6-26(21)42(36,37)38/h3-16H,2H2,1H3,(H,31,35)(H,32,34)(H,36,37,38). The third-order valence-corrected chi connectivity index (χ3v) is 9.09. The molecule has 1 aromatic heterocycles. The summed E-state index contributed by atoms with van der Waals surface area (Å²) in [6.07, 6.45) is 0. The van der Waals surface area contributed by atoms with Crippen molar-refractivity contribution in [3.8, 4) is 5.75 Å². The normalized spacial score (nSPS) is 11.3. The van der Waals surface area contributed by atoms with Crippen LogP contribution in [0.15, 0.2) is 99.1 Å². The fourth-order valence-electron chi connectivity index (χ4n) is 3.97. The van der Waals surface area contributed by atoms with E-state index in [1.807, 2.05) is 37.3 Å². The molecule has 0 fully saturated rings. The van der Waals surface area contributed by atoms with Gasteiger partial charge in [-0.15, -0.1) is 11.3 Å². The van der Waals surface area contributed by atoms with Gasteiger partial charge in [0, 0.05) is 15.6 Å². The van der Waals surface area contributed by atoms with Gasteiger partial charge in [-0.1, -0.05) is 35.5 Å². The van der Waals surface area contributed by atoms with Gasteiger partial charge in [0.25, 0.3) is 21.9 Å². The first-order chi connectivity index (χ1) is 20.1. The predicted molar refractivity (Wildman–Crippen MR) is 165 cm³/mol. The molecule has 0 spiro atoms. The molecule has 9 nitrogen and oxygen atoms in total. The highest BCUT2D eigenvalue weighted by Gasteiger charge is 2.22. The summed E-state index contributed by atoms with van der Waals surface area (Å²) in [6.45, 7) is 2.53. The lowest BCUT2D eigenvalue weighted by Gasteiger charge is -2.13. The van der Waals surface area contributed by atoms with E-state index in [2.05, 4.69) is 15.6 Å². The molecular formula is C29H22ClN3O6S3. The number of carbonyl (C=O) groups is 2. The van der Waals surface area contributed by atoms with E-state index in [0.717, 1.165) is 31.3 Å². The number of benzene rings is 4. The van der Waals surface area contributed by atoms with Crippen LogP contribution in [0, 0.1) is 0 Å². The second kappa shape index (κ2) is 12.5. The van der Waals surface area contributed by atoms with Crippen LogP contribution in [0.1, 0.15) is 27.6 Å². The molecule has 5 aromatic rings. The maximum Gasteiger partial charge on any atom is 0.295 e. The van der Waals surface area contributed by atoms with Gasteiger partial charge in [-0.05, 0) is 79.7 Å². The molecule has 3 N–H and O–H groups in total. The molecule has 0 aliphatic heterocycles. The largest absolute Gasteiger partial charge is 0.494 e. The van der Waals surface area contributed by atoms with Crippen molar-refractivity contribution < 1.29 is 27.3 Å². The van der Waals surface area contributed by atoms with Crippen molar-refractivity contribution in [2.24, 2.45) is 0 Å². The number of aromatic nitrogens is 1. The van der Waals surface area contributed by atoms with Gasteiger partial charge < -0.3 is 15.4 Å². The Morgan fingerprint density at radius 1 is 0.952 bits per heavy atom. The van der Waals surface area contributed by atoms with Crippen LogP contribution in [0.25, 0.3) is 10.2 Å². The summed E-state index contributed by atoms with van der Waals surface area (Å²) in [5.74, 6) is -0.576. The smallest absolute Gasteiger partial charge is 0.295 e. The van der Waals surface area contributed by atoms with E-state index in [4.69, 9.17) is 16.3 Å². The molecule has 5 rings (SSSR count). The lowest BCUT2D eigenvalue weighted by Crippen LogP contribution is -2.20. The molecule has 0 aliphatic carbocycles. The van der Waals surface area contributed by atoms with Crippen molar-refractivity contribution in [3.05, 3.63) is 101 Å². The van der Waals surface area contributed by atoms with E-state index in [-0.39, 0.29) is 21.8 Å². The maximum atomic E-state index is 13.2. The molecule has 0 unspecified atom stereocenters. The number of nitrogens with zero attached hydrogens (tertiary/aromatic N) is 1. The lowest BCUT2D eigenvalue weighted by molar-refractivity contribution is 0.102. The highest BCUT2D eigenvalue weighted by atomic mass is 35.5. The van der Waals surface area contributed by atoms with Crippen LogP contribution in [-0.4, -0.2) is 36.4 Å². The van der Waals surface area contributed by atoms with Gasteiger partial charge in [0.15, 0.2) is 4.34 Å². The number of nitrogens with one attached hydrogen (secondary N) is 2. The predicted octanol–water partition coefficient (Wildman–Crippen LogP) is 7.25. The van der Waals surface area contributed by atoms with E-state index in [9.17, 15) is 22.6 Å². The number of anilines is 2. The van der Waals surface area contributed by atoms with E-state index in [1.165, 1.54) is 48.2 Å². The van der Waals surface area contributed by atoms with Crippen LogP contribution in [0.5, 0.6) is 5.75 Å². The maximum absolute atomic E-state index is 13.2. The fraction of sp³-hybridized carbons (Fsp3) is 0.0690. The van der Waals surface area contributed by atoms with Crippen molar-refractivity contribution in [1.82, 2.24) is 4.98 Å². The molecule has 0 saturated carbocycles. The van der Waals surface area contributed by atoms with Crippen LogP contribution < -0.4 is 15.4 Å². The van der Waals surface area contributed by atoms with E-state index >= 15 is 0 Å². The van der Waals surface area contributed by atoms with Crippen molar-refractivity contribution in [1.29, 1.82) is 0 Å². The molecule has 4 aromatic carbocycles. The Labute approximate surface area is 254 Å². The first-order valence-electron chi connectivity index (χ1n) is 12.4. The Morgan fingerprint density at radius 3 is 2.43 bits per heavy atom. The number of carbonyl (C=O) groups excluding carboxylic acids is 2. The van der Waals surface area contributed by atoms with Crippen LogP contribution in [-0.2, 0) is 10.1 Å². The summed E-state index contributed by atoms with van der Waals surface area (Å²) >= 11 is 9.19. The van der Waals surface area contributed by atoms with Crippen LogP contribution >= 0.6 is 34.7 Å². The lowest BCUT2D eigenvalue weighted by atomic mass is 10.1. The van der Waals surface area contributed by atoms with Crippen molar-refractivity contribution in [3.63, 3.8) is 0 Å². The van der Waals surface area contributed by atoms with E-state index in [0.29, 0.717) is 12.3 Å². The van der Waals surface area contributed by atoms with Gasteiger partial charge in [-0.25, -0.2) is 4.98 Å². The van der Waals surface area contributed by atoms with Crippen molar-refractivity contribution >= 4 is 78.2 Å². The Morgan fingerprint density at radius 2 is 1.69 bits per heavy atom. The SMILES string of the molecule is CCOc1ccc2nc(Sc3ccc(NC(=O)c4cc(Cl)ccc4NC(=O)c4ccccc4S(=O)(=O)O)cc3)sc2c1. The third kappa shape index (κ3) is 6.92. The number of halogens is 1. The van der Waals surface area contributed by atoms with Crippen molar-refractivity contribution in [2.75, 3.05) is 17.2 Å². The molecule has 0 atom stereocenters. The first-order valence-corrected chi connectivity index (χ1v) is 15.9. The summed E-state index contributed by atoms with van der Waals surface area (Å²) in [4.78, 5) is 31.2. The molecule has 0 radical (unpaired) electrons. The second-order valence-corrected chi connectivity index (χ2v) is 12.9. The zero-order valence-corrected chi connectivity index (χ0v) is 25.0. The summed E-state index contributed by atoms with van der Waals surface area (Å²) in [5.41, 5.74) is 1.27. The van der Waals surface area contributed by atoms with Gasteiger partial charge in [-0.2, -0.15) is 8.42 Å². The minimum atomic E-state index is -4.65. The summed E-state index contributed by atoms with van der Waals surface area (Å²) in [6, 6.07) is 22.5. The molecule has 13 heteroatoms. The Hall–Kier alpha value is -3.94. The van der Waals surface area contributed by atoms with Gasteiger partial charge in [0.1, 0.15) is 10.6 Å². The number of ether oxygens (including phenoxy) is 1. The molecule has 214 valence electrons. The molecule has 2 amide bonds. The third-order valence-electron chi connectivity index (χ3n) is 5.85. The van der Waals surface area contributed by atoms with E-state index in [1.54, 1.807) is 23.5 Å². The number of hydrogen-bond acceptors (Lipinski definition) is 8. The molecule has 0 aliphatic rings. The average molecular weight is 640 g/mol. The highest BCUT2D eigenvalue weighted by molar-refractivity contribution is 8.01. The Balaban J connectivity index is 1.30. The minimum absolute atomic E-state index is 0.0551. The second-order valence-electron chi connectivity index (χ2n) is 8.74. The highest BCUT2D eigenvalue weighted by Crippen LogP contribution is 2.36. The number of thiazole rings is 1. The molecule has 42 heavy (non-hydrogen) atoms. The van der Waals surface area contributed by atoms with E-state index < -0.39 is 26.8 Å². The minimum Gasteiger partial charge on any atom is -0.494 e. The Kier molecular flexibility index (Phi) is 8.80. The number of amides is 2. The summed E-state index contributed by atoms with van der Waals surface area (Å²) < 4.78 is 40.4. The number of hydrogen-bond donors (Lipinski definition) is 3. The summed E-state index contributed by atoms with van der Waals surface area (Å²) in [5, 5.41) is 5.58. The van der Waals surface area contributed by atoms with Crippen LogP contribution in [0.3, 0.4) is 0 Å². The number of fused-ring (bicyclic) bond motifs is 1. The molecule has 0 bridgehead atoms. The Bertz CT molecular complexity index is 1910. The van der Waals surface area contributed by atoms with Crippen LogP contribution in [0.4, 0.5) is 11.4 Å². The molecule has 1 heterocycles. The van der Waals surface area contributed by atoms with Gasteiger partial charge >= 0.3 is 0 Å². The average Bonchev–Trinajstić information content (AvgIpc) is 3.36.